The van der Waals surface area contributed by atoms with E-state index in [4.69, 9.17) is 0 Å². The Morgan fingerprint density at radius 3 is 2.76 bits per heavy atom. The average molecular weight is 347 g/mol. The van der Waals surface area contributed by atoms with Gasteiger partial charge in [0.25, 0.3) is 0 Å². The lowest BCUT2D eigenvalue weighted by Gasteiger charge is -2.22. The van der Waals surface area contributed by atoms with E-state index in [1.165, 1.54) is 25.2 Å². The van der Waals surface area contributed by atoms with Gasteiger partial charge in [-0.2, -0.15) is 0 Å². The van der Waals surface area contributed by atoms with Crippen molar-refractivity contribution in [1.29, 1.82) is 0 Å². The third-order valence-corrected chi connectivity index (χ3v) is 4.39. The van der Waals surface area contributed by atoms with Gasteiger partial charge in [-0.3, -0.25) is 0 Å². The first-order valence-electron chi connectivity index (χ1n) is 8.61. The predicted molar refractivity (Wildman–Crippen MR) is 93.0 cm³/mol. The van der Waals surface area contributed by atoms with Gasteiger partial charge in [-0.25, -0.2) is 18.7 Å². The van der Waals surface area contributed by atoms with Crippen LogP contribution >= 0.6 is 0 Å². The molecule has 3 rings (SSSR count). The summed E-state index contributed by atoms with van der Waals surface area (Å²) in [6.07, 6.45) is 3.87. The fraction of sp³-hybridized carbons (Fsp3) is 0.444. The first kappa shape index (κ1) is 17.7. The van der Waals surface area contributed by atoms with E-state index in [0.717, 1.165) is 37.5 Å². The molecule has 1 aliphatic rings. The van der Waals surface area contributed by atoms with Crippen molar-refractivity contribution >= 4 is 5.82 Å². The molecule has 1 fully saturated rings. The second-order valence-electron chi connectivity index (χ2n) is 6.31. The smallest absolute Gasteiger partial charge is 0.129 e. The van der Waals surface area contributed by atoms with Crippen molar-refractivity contribution in [2.75, 3.05) is 25.0 Å². The van der Waals surface area contributed by atoms with Crippen LogP contribution in [-0.4, -0.2) is 29.6 Å². The maximum atomic E-state index is 13.6. The minimum atomic E-state index is -0.455. The molecule has 0 amide bonds. The highest BCUT2D eigenvalue weighted by Crippen LogP contribution is 2.13. The second kappa shape index (κ2) is 8.82. The van der Waals surface area contributed by atoms with E-state index in [-0.39, 0.29) is 12.1 Å². The number of piperidine rings is 1. The number of anilines is 1. The van der Waals surface area contributed by atoms with Crippen molar-refractivity contribution in [2.24, 2.45) is 5.92 Å². The minimum absolute atomic E-state index is 0.169. The Hall–Kier alpha value is -2.12. The second-order valence-corrected chi connectivity index (χ2v) is 6.31. The number of aromatic nitrogens is 2. The summed E-state index contributed by atoms with van der Waals surface area (Å²) in [6.45, 7) is 3.98. The summed E-state index contributed by atoms with van der Waals surface area (Å²) in [5.74, 6) is 0.407. The van der Waals surface area contributed by atoms with E-state index >= 15 is 0 Å². The topological polar surface area (TPSA) is 61.9 Å². The first-order valence-corrected chi connectivity index (χ1v) is 8.61. The van der Waals surface area contributed by atoms with E-state index in [1.54, 1.807) is 0 Å². The lowest BCUT2D eigenvalue weighted by Crippen LogP contribution is -2.33. The Balaban J connectivity index is 1.49. The summed E-state index contributed by atoms with van der Waals surface area (Å²) in [5.41, 5.74) is 1.13. The third kappa shape index (κ3) is 5.44. The van der Waals surface area contributed by atoms with Crippen molar-refractivity contribution in [1.82, 2.24) is 20.6 Å². The number of rotatable bonds is 7. The molecule has 0 unspecified atom stereocenters. The summed E-state index contributed by atoms with van der Waals surface area (Å²) in [6, 6.07) is 5.25. The average Bonchev–Trinajstić information content (AvgIpc) is 2.64. The van der Waals surface area contributed by atoms with Gasteiger partial charge in [-0.05, 0) is 56.6 Å². The van der Waals surface area contributed by atoms with Gasteiger partial charge in [0.05, 0.1) is 5.69 Å². The molecule has 5 nitrogen and oxygen atoms in total. The highest BCUT2D eigenvalue weighted by atomic mass is 19.1. The molecule has 25 heavy (non-hydrogen) atoms. The molecule has 1 aliphatic heterocycles. The van der Waals surface area contributed by atoms with Crippen LogP contribution in [0.3, 0.4) is 0 Å². The molecule has 3 N–H and O–H groups in total. The van der Waals surface area contributed by atoms with E-state index in [1.807, 2.05) is 6.07 Å². The number of benzene rings is 1. The number of nitrogens with one attached hydrogen (secondary N) is 3. The SMILES string of the molecule is Fc1ccc(F)c(CNc2cc(CNCC3CCNCC3)ncn2)c1. The normalized spacial score (nSPS) is 15.3. The van der Waals surface area contributed by atoms with Crippen molar-refractivity contribution in [3.63, 3.8) is 0 Å². The molecule has 1 aromatic heterocycles. The molecule has 0 spiro atoms. The predicted octanol–water partition coefficient (Wildman–Crippen LogP) is 2.46. The monoisotopic (exact) mass is 347 g/mol. The maximum Gasteiger partial charge on any atom is 0.129 e. The Morgan fingerprint density at radius 1 is 1.08 bits per heavy atom. The van der Waals surface area contributed by atoms with Crippen molar-refractivity contribution in [2.45, 2.75) is 25.9 Å². The fourth-order valence-electron chi connectivity index (χ4n) is 2.95. The summed E-state index contributed by atoms with van der Waals surface area (Å²) in [4.78, 5) is 8.38. The molecular formula is C18H23F2N5. The van der Waals surface area contributed by atoms with Crippen molar-refractivity contribution in [3.8, 4) is 0 Å². The number of hydrogen-bond acceptors (Lipinski definition) is 5. The van der Waals surface area contributed by atoms with Gasteiger partial charge in [0, 0.05) is 24.7 Å². The van der Waals surface area contributed by atoms with Gasteiger partial charge in [-0.15, -0.1) is 0 Å². The molecule has 0 radical (unpaired) electrons. The van der Waals surface area contributed by atoms with Crippen LogP contribution in [0.2, 0.25) is 0 Å². The molecular weight excluding hydrogens is 324 g/mol. The maximum absolute atomic E-state index is 13.6. The van der Waals surface area contributed by atoms with Crippen LogP contribution in [0.4, 0.5) is 14.6 Å². The van der Waals surface area contributed by atoms with Gasteiger partial charge in [0.15, 0.2) is 0 Å². The van der Waals surface area contributed by atoms with Gasteiger partial charge in [0.1, 0.15) is 23.8 Å². The first-order chi connectivity index (χ1) is 12.2. The molecule has 0 atom stereocenters. The highest BCUT2D eigenvalue weighted by Gasteiger charge is 2.12. The molecule has 0 aliphatic carbocycles. The number of hydrogen-bond donors (Lipinski definition) is 3. The molecule has 1 aromatic carbocycles. The summed E-state index contributed by atoms with van der Waals surface area (Å²) in [7, 11) is 0. The molecule has 134 valence electrons. The minimum Gasteiger partial charge on any atom is -0.366 e. The zero-order valence-corrected chi connectivity index (χ0v) is 14.1. The highest BCUT2D eigenvalue weighted by molar-refractivity contribution is 5.36. The molecule has 0 saturated carbocycles. The molecule has 0 bridgehead atoms. The van der Waals surface area contributed by atoms with Crippen LogP contribution < -0.4 is 16.0 Å². The standard InChI is InChI=1S/C18H23F2N5/c19-15-1-2-17(20)14(7-15)10-23-18-8-16(24-12-25-18)11-22-9-13-3-5-21-6-4-13/h1-2,7-8,12-13,21-22H,3-6,9-11H2,(H,23,24,25). The van der Waals surface area contributed by atoms with Gasteiger partial charge < -0.3 is 16.0 Å². The van der Waals surface area contributed by atoms with Crippen molar-refractivity contribution in [3.05, 3.63) is 53.5 Å². The Labute approximate surface area is 146 Å². The van der Waals surface area contributed by atoms with Gasteiger partial charge in [0.2, 0.25) is 0 Å². The molecule has 2 heterocycles. The zero-order chi connectivity index (χ0) is 17.5. The van der Waals surface area contributed by atoms with Crippen LogP contribution in [0.25, 0.3) is 0 Å². The lowest BCUT2D eigenvalue weighted by atomic mass is 9.98. The third-order valence-electron chi connectivity index (χ3n) is 4.39. The van der Waals surface area contributed by atoms with Crippen LogP contribution in [-0.2, 0) is 13.1 Å². The van der Waals surface area contributed by atoms with E-state index in [9.17, 15) is 8.78 Å². The largest absolute Gasteiger partial charge is 0.366 e. The quantitative estimate of drug-likeness (QED) is 0.718. The van der Waals surface area contributed by atoms with Crippen LogP contribution in [0.1, 0.15) is 24.1 Å². The van der Waals surface area contributed by atoms with E-state index in [0.29, 0.717) is 18.3 Å². The summed E-state index contributed by atoms with van der Waals surface area (Å²) < 4.78 is 26.8. The van der Waals surface area contributed by atoms with Crippen LogP contribution in [0, 0.1) is 17.6 Å². The fourth-order valence-corrected chi connectivity index (χ4v) is 2.95. The van der Waals surface area contributed by atoms with Crippen LogP contribution in [0.15, 0.2) is 30.6 Å². The summed E-state index contributed by atoms with van der Waals surface area (Å²) >= 11 is 0. The Bertz CT molecular complexity index is 689. The molecule has 2 aromatic rings. The lowest BCUT2D eigenvalue weighted by molar-refractivity contribution is 0.356. The number of nitrogens with zero attached hydrogens (tertiary/aromatic N) is 2. The Morgan fingerprint density at radius 2 is 1.92 bits per heavy atom. The van der Waals surface area contributed by atoms with Crippen molar-refractivity contribution < 1.29 is 8.78 Å². The zero-order valence-electron chi connectivity index (χ0n) is 14.1. The number of halogens is 2. The van der Waals surface area contributed by atoms with E-state index in [2.05, 4.69) is 25.9 Å². The van der Waals surface area contributed by atoms with Gasteiger partial charge >= 0.3 is 0 Å². The van der Waals surface area contributed by atoms with E-state index < -0.39 is 11.6 Å². The van der Waals surface area contributed by atoms with Gasteiger partial charge in [-0.1, -0.05) is 0 Å². The summed E-state index contributed by atoms with van der Waals surface area (Å²) in [5, 5.41) is 9.81. The van der Waals surface area contributed by atoms with Crippen LogP contribution in [0.5, 0.6) is 0 Å². The molecule has 1 saturated heterocycles. The molecule has 7 heteroatoms. The Kier molecular flexibility index (Phi) is 6.25.